The Kier molecular flexibility index (Phi) is 55.3. The van der Waals surface area contributed by atoms with Gasteiger partial charge in [-0.25, -0.2) is 0 Å². The Balaban J connectivity index is 4.11. The topological polar surface area (TPSA) is 78.9 Å². The van der Waals surface area contributed by atoms with Crippen molar-refractivity contribution in [3.63, 3.8) is 0 Å². The maximum atomic E-state index is 12.8. The summed E-state index contributed by atoms with van der Waals surface area (Å²) >= 11 is 0. The van der Waals surface area contributed by atoms with Crippen LogP contribution in [-0.4, -0.2) is 37.2 Å². The number of carbonyl (C=O) groups is 3. The van der Waals surface area contributed by atoms with Gasteiger partial charge in [-0.15, -0.1) is 0 Å². The van der Waals surface area contributed by atoms with Crippen molar-refractivity contribution < 1.29 is 28.6 Å². The second kappa shape index (κ2) is 58.2. The number of hydrogen-bond acceptors (Lipinski definition) is 6. The SMILES string of the molecule is CC/C=C\C/C=C\C/C=C\C/C=C\C/C=C\C/C=C\CCCCCCCCCCCCCCC(=O)OCC(COC(=O)CCCCCCC/C=C\CCC)OC(=O)CCCCCCCCCCCCC. The van der Waals surface area contributed by atoms with Gasteiger partial charge in [0.15, 0.2) is 6.10 Å². The van der Waals surface area contributed by atoms with Gasteiger partial charge in [-0.1, -0.05) is 260 Å². The van der Waals surface area contributed by atoms with Gasteiger partial charge in [0.05, 0.1) is 0 Å². The van der Waals surface area contributed by atoms with E-state index in [1.165, 1.54) is 135 Å². The van der Waals surface area contributed by atoms with Crippen LogP contribution >= 0.6 is 0 Å². The van der Waals surface area contributed by atoms with Crippen LogP contribution in [0.25, 0.3) is 0 Å². The third kappa shape index (κ3) is 55.5. The highest BCUT2D eigenvalue weighted by atomic mass is 16.6. The second-order valence-corrected chi connectivity index (χ2v) is 19.5. The molecule has 6 nitrogen and oxygen atoms in total. The first-order valence-electron chi connectivity index (χ1n) is 29.6. The summed E-state index contributed by atoms with van der Waals surface area (Å²) < 4.78 is 16.8. The molecule has 0 bridgehead atoms. The maximum Gasteiger partial charge on any atom is 0.306 e. The molecule has 0 radical (unpaired) electrons. The molecule has 0 fully saturated rings. The minimum absolute atomic E-state index is 0.0771. The van der Waals surface area contributed by atoms with Crippen molar-refractivity contribution in [3.05, 3.63) is 85.1 Å². The van der Waals surface area contributed by atoms with Crippen molar-refractivity contribution in [2.45, 2.75) is 290 Å². The minimum Gasteiger partial charge on any atom is -0.462 e. The molecule has 0 saturated heterocycles. The predicted molar refractivity (Wildman–Crippen MR) is 302 cm³/mol. The first-order valence-corrected chi connectivity index (χ1v) is 29.6. The van der Waals surface area contributed by atoms with Gasteiger partial charge >= 0.3 is 17.9 Å². The zero-order valence-corrected chi connectivity index (χ0v) is 46.0. The molecular formula is C64H110O6. The standard InChI is InChI=1S/C64H110O6/c1-4-7-10-13-16-19-22-23-24-25-26-27-28-29-30-31-32-33-34-35-36-37-38-39-40-41-43-45-48-51-54-57-63(66)69-60-61(59-68-62(65)56-53-50-47-44-21-18-15-12-9-6-3)70-64(67)58-55-52-49-46-42-20-17-14-11-8-5-2/h7,10,12,15-16,19,23-24,26-27,29-30,32-33,61H,4-6,8-9,11,13-14,17-18,20-22,25,28,31,34-60H2,1-3H3/b10-7-,15-12-,19-16-,24-23-,27-26-,30-29-,33-32-. The lowest BCUT2D eigenvalue weighted by Crippen LogP contribution is -2.30. The van der Waals surface area contributed by atoms with Gasteiger partial charge in [0.25, 0.3) is 0 Å². The van der Waals surface area contributed by atoms with E-state index in [4.69, 9.17) is 14.2 Å². The summed E-state index contributed by atoms with van der Waals surface area (Å²) in [7, 11) is 0. The Morgan fingerprint density at radius 3 is 0.943 bits per heavy atom. The molecule has 0 aromatic rings. The van der Waals surface area contributed by atoms with E-state index in [0.29, 0.717) is 19.3 Å². The van der Waals surface area contributed by atoms with Crippen LogP contribution in [0, 0.1) is 0 Å². The van der Waals surface area contributed by atoms with Crippen molar-refractivity contribution in [1.29, 1.82) is 0 Å². The first-order chi connectivity index (χ1) is 34.5. The highest BCUT2D eigenvalue weighted by Gasteiger charge is 2.19. The summed E-state index contributed by atoms with van der Waals surface area (Å²) in [5.74, 6) is -0.884. The number of unbranched alkanes of at least 4 members (excludes halogenated alkanes) is 28. The summed E-state index contributed by atoms with van der Waals surface area (Å²) in [6.45, 7) is 6.46. The molecule has 0 aliphatic rings. The fourth-order valence-electron chi connectivity index (χ4n) is 8.21. The molecule has 1 unspecified atom stereocenters. The molecule has 0 aliphatic heterocycles. The number of rotatable bonds is 53. The van der Waals surface area contributed by atoms with Gasteiger partial charge in [-0.3, -0.25) is 14.4 Å². The van der Waals surface area contributed by atoms with Crippen LogP contribution in [0.5, 0.6) is 0 Å². The van der Waals surface area contributed by atoms with Crippen molar-refractivity contribution in [3.8, 4) is 0 Å². The number of hydrogen-bond donors (Lipinski definition) is 0. The van der Waals surface area contributed by atoms with Crippen LogP contribution in [0.15, 0.2) is 85.1 Å². The third-order valence-electron chi connectivity index (χ3n) is 12.6. The number of allylic oxidation sites excluding steroid dienone is 14. The van der Waals surface area contributed by atoms with Crippen molar-refractivity contribution in [1.82, 2.24) is 0 Å². The largest absolute Gasteiger partial charge is 0.462 e. The van der Waals surface area contributed by atoms with Gasteiger partial charge < -0.3 is 14.2 Å². The van der Waals surface area contributed by atoms with Crippen LogP contribution in [0.1, 0.15) is 284 Å². The van der Waals surface area contributed by atoms with E-state index in [0.717, 1.165) is 109 Å². The van der Waals surface area contributed by atoms with E-state index < -0.39 is 6.10 Å². The van der Waals surface area contributed by atoms with Crippen LogP contribution in [0.4, 0.5) is 0 Å². The number of esters is 3. The molecule has 0 spiro atoms. The van der Waals surface area contributed by atoms with Crippen LogP contribution in [0.2, 0.25) is 0 Å². The van der Waals surface area contributed by atoms with E-state index >= 15 is 0 Å². The quantitative estimate of drug-likeness (QED) is 0.0261. The number of carbonyl (C=O) groups excluding carboxylic acids is 3. The average molecular weight is 976 g/mol. The Morgan fingerprint density at radius 1 is 0.300 bits per heavy atom. The number of ether oxygens (including phenoxy) is 3. The lowest BCUT2D eigenvalue weighted by atomic mass is 10.0. The van der Waals surface area contributed by atoms with Crippen LogP contribution < -0.4 is 0 Å². The average Bonchev–Trinajstić information content (AvgIpc) is 3.36. The summed E-state index contributed by atoms with van der Waals surface area (Å²) in [4.78, 5) is 38.0. The molecule has 0 amide bonds. The molecule has 402 valence electrons. The Hall–Kier alpha value is -3.41. The molecule has 0 aliphatic carbocycles. The molecule has 0 aromatic carbocycles. The van der Waals surface area contributed by atoms with Crippen molar-refractivity contribution >= 4 is 17.9 Å². The van der Waals surface area contributed by atoms with E-state index in [1.807, 2.05) is 0 Å². The van der Waals surface area contributed by atoms with Crippen molar-refractivity contribution in [2.24, 2.45) is 0 Å². The Morgan fingerprint density at radius 2 is 0.586 bits per heavy atom. The van der Waals surface area contributed by atoms with Gasteiger partial charge in [-0.2, -0.15) is 0 Å². The molecule has 0 saturated carbocycles. The fourth-order valence-corrected chi connectivity index (χ4v) is 8.21. The molecule has 0 heterocycles. The van der Waals surface area contributed by atoms with E-state index in [1.54, 1.807) is 0 Å². The van der Waals surface area contributed by atoms with E-state index in [2.05, 4.69) is 106 Å². The highest BCUT2D eigenvalue weighted by molar-refractivity contribution is 5.71. The maximum absolute atomic E-state index is 12.8. The molecular weight excluding hydrogens is 865 g/mol. The molecule has 0 N–H and O–H groups in total. The highest BCUT2D eigenvalue weighted by Crippen LogP contribution is 2.16. The van der Waals surface area contributed by atoms with Gasteiger partial charge in [-0.05, 0) is 89.9 Å². The minimum atomic E-state index is -0.776. The third-order valence-corrected chi connectivity index (χ3v) is 12.6. The summed E-state index contributed by atoms with van der Waals surface area (Å²) in [6.07, 6.45) is 76.0. The Bertz CT molecular complexity index is 1350. The predicted octanol–water partition coefficient (Wildman–Crippen LogP) is 19.9. The van der Waals surface area contributed by atoms with E-state index in [-0.39, 0.29) is 31.1 Å². The molecule has 1 atom stereocenters. The molecule has 6 heteroatoms. The normalized spacial score (nSPS) is 12.7. The molecule has 0 rings (SSSR count). The van der Waals surface area contributed by atoms with E-state index in [9.17, 15) is 14.4 Å². The summed E-state index contributed by atoms with van der Waals surface area (Å²) in [6, 6.07) is 0. The second-order valence-electron chi connectivity index (χ2n) is 19.5. The van der Waals surface area contributed by atoms with Gasteiger partial charge in [0.2, 0.25) is 0 Å². The summed E-state index contributed by atoms with van der Waals surface area (Å²) in [5.41, 5.74) is 0. The first kappa shape index (κ1) is 66.6. The van der Waals surface area contributed by atoms with Crippen LogP contribution in [0.3, 0.4) is 0 Å². The summed E-state index contributed by atoms with van der Waals surface area (Å²) in [5, 5.41) is 0. The Labute approximate surface area is 433 Å². The van der Waals surface area contributed by atoms with Crippen LogP contribution in [-0.2, 0) is 28.6 Å². The monoisotopic (exact) mass is 975 g/mol. The zero-order chi connectivity index (χ0) is 50.7. The lowest BCUT2D eigenvalue weighted by Gasteiger charge is -2.18. The fraction of sp³-hybridized carbons (Fsp3) is 0.734. The molecule has 70 heavy (non-hydrogen) atoms. The molecule has 0 aromatic heterocycles. The van der Waals surface area contributed by atoms with Gasteiger partial charge in [0, 0.05) is 19.3 Å². The van der Waals surface area contributed by atoms with Crippen molar-refractivity contribution in [2.75, 3.05) is 13.2 Å². The lowest BCUT2D eigenvalue weighted by molar-refractivity contribution is -0.167. The van der Waals surface area contributed by atoms with Gasteiger partial charge in [0.1, 0.15) is 13.2 Å². The smallest absolute Gasteiger partial charge is 0.306 e. The zero-order valence-electron chi connectivity index (χ0n) is 46.0.